The summed E-state index contributed by atoms with van der Waals surface area (Å²) in [5, 5.41) is 2.71. The number of likely N-dealkylation sites (tertiary alicyclic amines) is 1. The molecule has 0 saturated carbocycles. The topological polar surface area (TPSA) is 75.4 Å². The van der Waals surface area contributed by atoms with Gasteiger partial charge in [-0.2, -0.15) is 0 Å². The van der Waals surface area contributed by atoms with Crippen molar-refractivity contribution in [1.82, 2.24) is 4.90 Å². The number of hydrogen-bond acceptors (Lipinski definition) is 3. The molecule has 7 heteroatoms. The zero-order valence-corrected chi connectivity index (χ0v) is 16.8. The molecule has 1 unspecified atom stereocenters. The highest BCUT2D eigenvalue weighted by Gasteiger charge is 2.35. The normalized spacial score (nSPS) is 18.5. The van der Waals surface area contributed by atoms with Gasteiger partial charge in [0.05, 0.1) is 5.56 Å². The van der Waals surface area contributed by atoms with Crippen LogP contribution in [-0.4, -0.2) is 36.3 Å². The van der Waals surface area contributed by atoms with E-state index in [2.05, 4.69) is 12.2 Å². The van der Waals surface area contributed by atoms with Crippen molar-refractivity contribution < 1.29 is 14.0 Å². The van der Waals surface area contributed by atoms with Crippen molar-refractivity contribution in [3.8, 4) is 0 Å². The smallest absolute Gasteiger partial charge is 0.258 e. The molecule has 3 N–H and O–H groups in total. The number of carbonyl (C=O) groups is 2. The lowest BCUT2D eigenvalue weighted by Crippen LogP contribution is -2.34. The summed E-state index contributed by atoms with van der Waals surface area (Å²) in [6, 6.07) is 11.0. The van der Waals surface area contributed by atoms with Crippen LogP contribution in [0.25, 0.3) is 0 Å². The molecule has 1 atom stereocenters. The van der Waals surface area contributed by atoms with Gasteiger partial charge >= 0.3 is 0 Å². The number of anilines is 1. The summed E-state index contributed by atoms with van der Waals surface area (Å²) in [5.41, 5.74) is 7.51. The maximum atomic E-state index is 13.8. The second-order valence-corrected chi connectivity index (χ2v) is 7.46. The summed E-state index contributed by atoms with van der Waals surface area (Å²) in [6.45, 7) is 5.72. The molecule has 0 aromatic heterocycles. The Morgan fingerprint density at radius 1 is 1.25 bits per heavy atom. The molecule has 2 aromatic rings. The molecular weight excluding hydrogens is 381 g/mol. The number of nitrogens with two attached hydrogens (primary N) is 1. The number of amides is 2. The van der Waals surface area contributed by atoms with Gasteiger partial charge in [0.25, 0.3) is 11.8 Å². The number of rotatable bonds is 4. The second kappa shape index (κ2) is 8.71. The highest BCUT2D eigenvalue weighted by atomic mass is 35.5. The van der Waals surface area contributed by atoms with Crippen LogP contribution in [0.15, 0.2) is 42.5 Å². The SMILES string of the molecule is Cc1ccc(C(=O)N2CCC(C)(CN)C2)cc1NC(=O)c1ccccc1F.Cl. The highest BCUT2D eigenvalue weighted by molar-refractivity contribution is 6.05. The van der Waals surface area contributed by atoms with E-state index < -0.39 is 11.7 Å². The lowest BCUT2D eigenvalue weighted by Gasteiger charge is -2.23. The predicted octanol–water partition coefficient (Wildman–Crippen LogP) is 3.62. The molecule has 1 saturated heterocycles. The number of nitrogens with zero attached hydrogens (tertiary/aromatic N) is 1. The Morgan fingerprint density at radius 2 is 1.96 bits per heavy atom. The Labute approximate surface area is 170 Å². The van der Waals surface area contributed by atoms with Crippen LogP contribution in [0.5, 0.6) is 0 Å². The van der Waals surface area contributed by atoms with Crippen LogP contribution in [0.3, 0.4) is 0 Å². The molecule has 2 aromatic carbocycles. The molecule has 1 fully saturated rings. The Kier molecular flexibility index (Phi) is 6.80. The van der Waals surface area contributed by atoms with E-state index in [0.29, 0.717) is 30.9 Å². The third-order valence-electron chi connectivity index (χ3n) is 5.19. The Morgan fingerprint density at radius 3 is 2.61 bits per heavy atom. The number of carbonyl (C=O) groups excluding carboxylic acids is 2. The van der Waals surface area contributed by atoms with Gasteiger partial charge in [-0.15, -0.1) is 12.4 Å². The summed E-state index contributed by atoms with van der Waals surface area (Å²) in [7, 11) is 0. The average Bonchev–Trinajstić information content (AvgIpc) is 3.06. The first-order valence-electron chi connectivity index (χ1n) is 8.99. The fourth-order valence-corrected chi connectivity index (χ4v) is 3.27. The Hall–Kier alpha value is -2.44. The van der Waals surface area contributed by atoms with Crippen molar-refractivity contribution >= 4 is 29.9 Å². The number of halogens is 2. The van der Waals surface area contributed by atoms with Gasteiger partial charge in [-0.3, -0.25) is 9.59 Å². The molecule has 1 aliphatic heterocycles. The van der Waals surface area contributed by atoms with E-state index in [1.54, 1.807) is 29.2 Å². The van der Waals surface area contributed by atoms with Gasteiger partial charge in [-0.25, -0.2) is 4.39 Å². The third kappa shape index (κ3) is 4.51. The van der Waals surface area contributed by atoms with Crippen molar-refractivity contribution in [2.24, 2.45) is 11.1 Å². The van der Waals surface area contributed by atoms with Crippen LogP contribution in [0.4, 0.5) is 10.1 Å². The van der Waals surface area contributed by atoms with Crippen molar-refractivity contribution in [3.05, 3.63) is 65.0 Å². The van der Waals surface area contributed by atoms with Crippen LogP contribution < -0.4 is 11.1 Å². The number of hydrogen-bond donors (Lipinski definition) is 2. The zero-order chi connectivity index (χ0) is 19.6. The van der Waals surface area contributed by atoms with Crippen LogP contribution in [0.1, 0.15) is 39.6 Å². The van der Waals surface area contributed by atoms with E-state index in [1.165, 1.54) is 18.2 Å². The molecule has 2 amide bonds. The summed E-state index contributed by atoms with van der Waals surface area (Å²) < 4.78 is 13.8. The first-order valence-corrected chi connectivity index (χ1v) is 8.99. The predicted molar refractivity (Wildman–Crippen MR) is 110 cm³/mol. The quantitative estimate of drug-likeness (QED) is 0.815. The van der Waals surface area contributed by atoms with Gasteiger partial charge in [0.2, 0.25) is 0 Å². The van der Waals surface area contributed by atoms with Gasteiger partial charge in [0.15, 0.2) is 0 Å². The maximum Gasteiger partial charge on any atom is 0.258 e. The lowest BCUT2D eigenvalue weighted by molar-refractivity contribution is 0.0776. The standard InChI is InChI=1S/C21H24FN3O2.ClH/c1-14-7-8-15(20(27)25-10-9-21(2,12-23)13-25)11-18(14)24-19(26)16-5-3-4-6-17(16)22;/h3-8,11H,9-10,12-13,23H2,1-2H3,(H,24,26);1H. The van der Waals surface area contributed by atoms with Gasteiger partial charge in [0.1, 0.15) is 5.82 Å². The van der Waals surface area contributed by atoms with E-state index in [4.69, 9.17) is 5.73 Å². The van der Waals surface area contributed by atoms with Gasteiger partial charge in [-0.1, -0.05) is 25.1 Å². The minimum absolute atomic E-state index is 0. The number of benzene rings is 2. The molecule has 0 radical (unpaired) electrons. The van der Waals surface area contributed by atoms with Gasteiger partial charge in [-0.05, 0) is 55.1 Å². The zero-order valence-electron chi connectivity index (χ0n) is 16.0. The van der Waals surface area contributed by atoms with Crippen LogP contribution in [0, 0.1) is 18.2 Å². The average molecular weight is 406 g/mol. The van der Waals surface area contributed by atoms with E-state index in [-0.39, 0.29) is 29.3 Å². The first kappa shape index (κ1) is 21.9. The minimum Gasteiger partial charge on any atom is -0.338 e. The van der Waals surface area contributed by atoms with Crippen LogP contribution in [-0.2, 0) is 0 Å². The molecule has 0 bridgehead atoms. The fraction of sp³-hybridized carbons (Fsp3) is 0.333. The van der Waals surface area contributed by atoms with Crippen LogP contribution >= 0.6 is 12.4 Å². The van der Waals surface area contributed by atoms with Crippen molar-refractivity contribution in [2.75, 3.05) is 25.0 Å². The molecule has 28 heavy (non-hydrogen) atoms. The van der Waals surface area contributed by atoms with Crippen LogP contribution in [0.2, 0.25) is 0 Å². The molecule has 3 rings (SSSR count). The number of aryl methyl sites for hydroxylation is 1. The lowest BCUT2D eigenvalue weighted by atomic mass is 9.90. The number of nitrogens with one attached hydrogen (secondary N) is 1. The highest BCUT2D eigenvalue weighted by Crippen LogP contribution is 2.30. The summed E-state index contributed by atoms with van der Waals surface area (Å²) in [4.78, 5) is 27.0. The van der Waals surface area contributed by atoms with Gasteiger partial charge in [0, 0.05) is 24.3 Å². The summed E-state index contributed by atoms with van der Waals surface area (Å²) in [5.74, 6) is -1.22. The molecule has 1 aliphatic rings. The van der Waals surface area contributed by atoms with E-state index in [9.17, 15) is 14.0 Å². The second-order valence-electron chi connectivity index (χ2n) is 7.46. The van der Waals surface area contributed by atoms with E-state index >= 15 is 0 Å². The fourth-order valence-electron chi connectivity index (χ4n) is 3.27. The summed E-state index contributed by atoms with van der Waals surface area (Å²) in [6.07, 6.45) is 0.873. The Balaban J connectivity index is 0.00000280. The van der Waals surface area contributed by atoms with E-state index in [0.717, 1.165) is 12.0 Å². The summed E-state index contributed by atoms with van der Waals surface area (Å²) >= 11 is 0. The largest absolute Gasteiger partial charge is 0.338 e. The molecule has 1 heterocycles. The molecule has 0 aliphatic carbocycles. The minimum atomic E-state index is -0.585. The van der Waals surface area contributed by atoms with Gasteiger partial charge < -0.3 is 16.0 Å². The molecule has 0 spiro atoms. The van der Waals surface area contributed by atoms with Crippen molar-refractivity contribution in [1.29, 1.82) is 0 Å². The molecular formula is C21H25ClFN3O2. The molecule has 5 nitrogen and oxygen atoms in total. The van der Waals surface area contributed by atoms with E-state index in [1.807, 2.05) is 6.92 Å². The van der Waals surface area contributed by atoms with Crippen molar-refractivity contribution in [3.63, 3.8) is 0 Å². The monoisotopic (exact) mass is 405 g/mol. The third-order valence-corrected chi connectivity index (χ3v) is 5.19. The first-order chi connectivity index (χ1) is 12.8. The molecule has 150 valence electrons. The maximum absolute atomic E-state index is 13.8. The van der Waals surface area contributed by atoms with Crippen molar-refractivity contribution in [2.45, 2.75) is 20.3 Å². The Bertz CT molecular complexity index is 890.